The summed E-state index contributed by atoms with van der Waals surface area (Å²) in [4.78, 5) is 36.3. The molecule has 0 spiro atoms. The molecule has 0 saturated heterocycles. The molecule has 3 rings (SSSR count). The summed E-state index contributed by atoms with van der Waals surface area (Å²) in [6, 6.07) is 2.27. The molecule has 0 radical (unpaired) electrons. The minimum Gasteiger partial charge on any atom is -0.488 e. The van der Waals surface area contributed by atoms with Crippen LogP contribution in [-0.4, -0.2) is 46.2 Å². The van der Waals surface area contributed by atoms with Crippen LogP contribution in [0.3, 0.4) is 0 Å². The molecule has 0 bridgehead atoms. The van der Waals surface area contributed by atoms with Crippen molar-refractivity contribution in [1.29, 1.82) is 0 Å². The molecule has 0 aliphatic heterocycles. The smallest absolute Gasteiger partial charge is 0.422 e. The minimum absolute atomic E-state index is 0.0301. The summed E-state index contributed by atoms with van der Waals surface area (Å²) >= 11 is 0. The maximum atomic E-state index is 12.6. The summed E-state index contributed by atoms with van der Waals surface area (Å²) in [7, 11) is 0. The molecule has 172 valence electrons. The van der Waals surface area contributed by atoms with Crippen LogP contribution in [0, 0.1) is 5.92 Å². The Hall–Kier alpha value is -3.44. The van der Waals surface area contributed by atoms with Crippen LogP contribution in [0.5, 0.6) is 11.6 Å². The van der Waals surface area contributed by atoms with Crippen molar-refractivity contribution < 1.29 is 32.2 Å². The molecular formula is C20H22F3N5O4. The zero-order chi connectivity index (χ0) is 23.3. The zero-order valence-corrected chi connectivity index (χ0v) is 17.4. The normalized spacial score (nSPS) is 14.4. The highest BCUT2D eigenvalue weighted by Gasteiger charge is 2.31. The van der Waals surface area contributed by atoms with Gasteiger partial charge in [-0.1, -0.05) is 0 Å². The van der Waals surface area contributed by atoms with Gasteiger partial charge in [0.25, 0.3) is 11.8 Å². The number of alkyl halides is 3. The van der Waals surface area contributed by atoms with Gasteiger partial charge in [-0.3, -0.25) is 14.9 Å². The monoisotopic (exact) mass is 453 g/mol. The number of amides is 2. The van der Waals surface area contributed by atoms with Gasteiger partial charge in [-0.2, -0.15) is 13.2 Å². The van der Waals surface area contributed by atoms with E-state index in [9.17, 15) is 22.8 Å². The van der Waals surface area contributed by atoms with E-state index < -0.39 is 24.7 Å². The number of nitrogens with zero attached hydrogens (tertiary/aromatic N) is 3. The number of aromatic nitrogens is 3. The first-order valence-electron chi connectivity index (χ1n) is 9.93. The SMILES string of the molecule is CCOc1cc(C(C)NC(=O)c2ccnc(NC(=O)C3CC3)n2)cnc1OCC(F)(F)F. The number of hydrogen-bond acceptors (Lipinski definition) is 7. The van der Waals surface area contributed by atoms with Crippen molar-refractivity contribution in [3.05, 3.63) is 35.8 Å². The van der Waals surface area contributed by atoms with E-state index in [1.807, 2.05) is 0 Å². The second kappa shape index (κ2) is 9.79. The maximum Gasteiger partial charge on any atom is 0.422 e. The van der Waals surface area contributed by atoms with Crippen LogP contribution < -0.4 is 20.1 Å². The lowest BCUT2D eigenvalue weighted by Crippen LogP contribution is -2.28. The molecule has 32 heavy (non-hydrogen) atoms. The predicted octanol–water partition coefficient (Wildman–Crippen LogP) is 3.05. The van der Waals surface area contributed by atoms with Gasteiger partial charge in [0.05, 0.1) is 12.6 Å². The number of halogens is 3. The average molecular weight is 453 g/mol. The molecule has 2 aromatic rings. The van der Waals surface area contributed by atoms with Crippen LogP contribution in [0.25, 0.3) is 0 Å². The molecule has 12 heteroatoms. The Morgan fingerprint density at radius 1 is 1.25 bits per heavy atom. The second-order valence-electron chi connectivity index (χ2n) is 7.13. The van der Waals surface area contributed by atoms with Crippen molar-refractivity contribution in [3.63, 3.8) is 0 Å². The van der Waals surface area contributed by atoms with Crippen molar-refractivity contribution in [2.75, 3.05) is 18.5 Å². The molecule has 0 aromatic carbocycles. The first-order chi connectivity index (χ1) is 15.2. The van der Waals surface area contributed by atoms with Gasteiger partial charge in [0.15, 0.2) is 12.4 Å². The summed E-state index contributed by atoms with van der Waals surface area (Å²) in [5, 5.41) is 5.29. The number of anilines is 1. The van der Waals surface area contributed by atoms with Gasteiger partial charge < -0.3 is 14.8 Å². The molecule has 1 unspecified atom stereocenters. The fraction of sp³-hybridized carbons (Fsp3) is 0.450. The standard InChI is InChI=1S/C20H22F3N5O4/c1-3-31-15-8-13(9-25-18(15)32-10-20(21,22)23)11(2)26-17(30)14-6-7-24-19(27-14)28-16(29)12-4-5-12/h6-9,11-12H,3-5,10H2,1-2H3,(H,26,30)(H,24,27,28,29). The third-order valence-electron chi connectivity index (χ3n) is 4.43. The first-order valence-corrected chi connectivity index (χ1v) is 9.93. The van der Waals surface area contributed by atoms with Gasteiger partial charge in [-0.25, -0.2) is 15.0 Å². The van der Waals surface area contributed by atoms with Crippen molar-refractivity contribution in [1.82, 2.24) is 20.3 Å². The molecule has 1 aliphatic carbocycles. The Labute approximate surface area is 181 Å². The van der Waals surface area contributed by atoms with E-state index in [2.05, 4.69) is 25.6 Å². The van der Waals surface area contributed by atoms with Crippen molar-refractivity contribution in [3.8, 4) is 11.6 Å². The molecule has 1 aliphatic rings. The van der Waals surface area contributed by atoms with Gasteiger partial charge in [-0.15, -0.1) is 0 Å². The Morgan fingerprint density at radius 2 is 2.00 bits per heavy atom. The Bertz CT molecular complexity index is 982. The third-order valence-corrected chi connectivity index (χ3v) is 4.43. The summed E-state index contributed by atoms with van der Waals surface area (Å²) in [5.74, 6) is -0.976. The molecule has 1 saturated carbocycles. The fourth-order valence-electron chi connectivity index (χ4n) is 2.66. The van der Waals surface area contributed by atoms with Crippen LogP contribution >= 0.6 is 0 Å². The molecule has 2 N–H and O–H groups in total. The quantitative estimate of drug-likeness (QED) is 0.600. The molecule has 2 aromatic heterocycles. The number of hydrogen-bond donors (Lipinski definition) is 2. The number of ether oxygens (including phenoxy) is 2. The molecule has 9 nitrogen and oxygen atoms in total. The van der Waals surface area contributed by atoms with Crippen molar-refractivity contribution in [2.45, 2.75) is 38.9 Å². The maximum absolute atomic E-state index is 12.6. The average Bonchev–Trinajstić information content (AvgIpc) is 3.58. The second-order valence-corrected chi connectivity index (χ2v) is 7.13. The molecule has 2 heterocycles. The topological polar surface area (TPSA) is 115 Å². The minimum atomic E-state index is -4.51. The van der Waals surface area contributed by atoms with Crippen LogP contribution in [-0.2, 0) is 4.79 Å². The third kappa shape index (κ3) is 6.53. The van der Waals surface area contributed by atoms with E-state index in [0.717, 1.165) is 12.8 Å². The molecular weight excluding hydrogens is 431 g/mol. The van der Waals surface area contributed by atoms with Gasteiger partial charge in [-0.05, 0) is 44.4 Å². The summed E-state index contributed by atoms with van der Waals surface area (Å²) in [6.45, 7) is 2.02. The summed E-state index contributed by atoms with van der Waals surface area (Å²) < 4.78 is 47.3. The summed E-state index contributed by atoms with van der Waals surface area (Å²) in [6.07, 6.45) is -0.223. The van der Waals surface area contributed by atoms with E-state index in [1.165, 1.54) is 24.5 Å². The van der Waals surface area contributed by atoms with Gasteiger partial charge in [0, 0.05) is 18.3 Å². The lowest BCUT2D eigenvalue weighted by Gasteiger charge is -2.17. The van der Waals surface area contributed by atoms with E-state index in [-0.39, 0.29) is 41.7 Å². The van der Waals surface area contributed by atoms with E-state index in [1.54, 1.807) is 13.8 Å². The highest BCUT2D eigenvalue weighted by atomic mass is 19.4. The van der Waals surface area contributed by atoms with Crippen molar-refractivity contribution >= 4 is 17.8 Å². The lowest BCUT2D eigenvalue weighted by molar-refractivity contribution is -0.154. The van der Waals surface area contributed by atoms with E-state index >= 15 is 0 Å². The number of carbonyl (C=O) groups excluding carboxylic acids is 2. The Morgan fingerprint density at radius 3 is 2.66 bits per heavy atom. The fourth-order valence-corrected chi connectivity index (χ4v) is 2.66. The van der Waals surface area contributed by atoms with Gasteiger partial charge in [0.2, 0.25) is 11.9 Å². The van der Waals surface area contributed by atoms with Gasteiger partial charge >= 0.3 is 6.18 Å². The number of nitrogens with one attached hydrogen (secondary N) is 2. The van der Waals surface area contributed by atoms with Crippen LogP contribution in [0.4, 0.5) is 19.1 Å². The van der Waals surface area contributed by atoms with E-state index in [4.69, 9.17) is 9.47 Å². The highest BCUT2D eigenvalue weighted by Crippen LogP contribution is 2.30. The Balaban J connectivity index is 1.67. The lowest BCUT2D eigenvalue weighted by atomic mass is 10.1. The first kappa shape index (κ1) is 23.2. The number of pyridine rings is 1. The predicted molar refractivity (Wildman–Crippen MR) is 106 cm³/mol. The van der Waals surface area contributed by atoms with Gasteiger partial charge in [0.1, 0.15) is 5.69 Å². The molecule has 2 amide bonds. The Kier molecular flexibility index (Phi) is 7.11. The molecule has 1 fully saturated rings. The largest absolute Gasteiger partial charge is 0.488 e. The van der Waals surface area contributed by atoms with Crippen LogP contribution in [0.15, 0.2) is 24.5 Å². The van der Waals surface area contributed by atoms with E-state index in [0.29, 0.717) is 5.56 Å². The summed E-state index contributed by atoms with van der Waals surface area (Å²) in [5.41, 5.74) is 0.526. The number of carbonyl (C=O) groups is 2. The van der Waals surface area contributed by atoms with Crippen molar-refractivity contribution in [2.24, 2.45) is 5.92 Å². The highest BCUT2D eigenvalue weighted by molar-refractivity contribution is 5.95. The number of rotatable bonds is 9. The van der Waals surface area contributed by atoms with Crippen LogP contribution in [0.1, 0.15) is 48.8 Å². The van der Waals surface area contributed by atoms with Crippen LogP contribution in [0.2, 0.25) is 0 Å². The molecule has 1 atom stereocenters. The zero-order valence-electron chi connectivity index (χ0n) is 17.4.